The molecule has 21 heavy (non-hydrogen) atoms. The first kappa shape index (κ1) is 15.9. The predicted molar refractivity (Wildman–Crippen MR) is 80.5 cm³/mol. The average Bonchev–Trinajstić information content (AvgIpc) is 2.85. The molecule has 2 aromatic rings. The monoisotopic (exact) mass is 376 g/mol. The zero-order valence-corrected chi connectivity index (χ0v) is 13.5. The Hall–Kier alpha value is -1.45. The third-order valence-electron chi connectivity index (χ3n) is 2.72. The first-order chi connectivity index (χ1) is 9.79. The first-order valence-electron chi connectivity index (χ1n) is 6.04. The number of anilines is 1. The summed E-state index contributed by atoms with van der Waals surface area (Å²) in [6.07, 6.45) is 3.30. The SMILES string of the molecule is CC(Cn1cccn1)NS(=O)(=O)c1cc(N)c(Br)cc1F. The van der Waals surface area contributed by atoms with Gasteiger partial charge in [0.15, 0.2) is 0 Å². The molecule has 1 unspecified atom stereocenters. The number of sulfonamides is 1. The van der Waals surface area contributed by atoms with Crippen molar-refractivity contribution in [1.29, 1.82) is 0 Å². The third-order valence-corrected chi connectivity index (χ3v) is 5.01. The number of hydrogen-bond donors (Lipinski definition) is 2. The number of nitrogens with zero attached hydrogens (tertiary/aromatic N) is 2. The molecule has 1 aromatic carbocycles. The summed E-state index contributed by atoms with van der Waals surface area (Å²) in [6, 6.07) is 3.39. The number of benzene rings is 1. The molecule has 0 saturated carbocycles. The number of nitrogens with two attached hydrogens (primary N) is 1. The van der Waals surface area contributed by atoms with E-state index in [2.05, 4.69) is 25.8 Å². The van der Waals surface area contributed by atoms with Gasteiger partial charge in [0.05, 0.1) is 6.54 Å². The van der Waals surface area contributed by atoms with Crippen LogP contribution in [-0.4, -0.2) is 24.2 Å². The molecule has 0 bridgehead atoms. The van der Waals surface area contributed by atoms with E-state index < -0.39 is 26.8 Å². The Bertz CT molecular complexity index is 734. The summed E-state index contributed by atoms with van der Waals surface area (Å²) in [5.41, 5.74) is 5.76. The van der Waals surface area contributed by atoms with E-state index in [1.165, 1.54) is 0 Å². The zero-order chi connectivity index (χ0) is 15.6. The number of nitrogen functional groups attached to an aromatic ring is 1. The highest BCUT2D eigenvalue weighted by Gasteiger charge is 2.23. The lowest BCUT2D eigenvalue weighted by Crippen LogP contribution is -2.36. The summed E-state index contributed by atoms with van der Waals surface area (Å²) < 4.78 is 42.5. The largest absolute Gasteiger partial charge is 0.398 e. The van der Waals surface area contributed by atoms with Crippen molar-refractivity contribution in [1.82, 2.24) is 14.5 Å². The highest BCUT2D eigenvalue weighted by atomic mass is 79.9. The van der Waals surface area contributed by atoms with Crippen LogP contribution >= 0.6 is 15.9 Å². The van der Waals surface area contributed by atoms with E-state index in [-0.39, 0.29) is 5.69 Å². The summed E-state index contributed by atoms with van der Waals surface area (Å²) in [5, 5.41) is 3.98. The van der Waals surface area contributed by atoms with E-state index >= 15 is 0 Å². The van der Waals surface area contributed by atoms with E-state index in [0.717, 1.165) is 12.1 Å². The minimum atomic E-state index is -4.00. The van der Waals surface area contributed by atoms with E-state index in [0.29, 0.717) is 11.0 Å². The van der Waals surface area contributed by atoms with Crippen LogP contribution in [0.15, 0.2) is 40.0 Å². The Kier molecular flexibility index (Phi) is 4.64. The number of aromatic nitrogens is 2. The molecule has 114 valence electrons. The van der Waals surface area contributed by atoms with Gasteiger partial charge in [-0.25, -0.2) is 17.5 Å². The van der Waals surface area contributed by atoms with Crippen molar-refractivity contribution >= 4 is 31.6 Å². The van der Waals surface area contributed by atoms with Gasteiger partial charge in [0, 0.05) is 28.6 Å². The van der Waals surface area contributed by atoms with Crippen molar-refractivity contribution in [2.75, 3.05) is 5.73 Å². The lowest BCUT2D eigenvalue weighted by atomic mass is 10.3. The molecule has 2 rings (SSSR count). The van der Waals surface area contributed by atoms with Gasteiger partial charge < -0.3 is 5.73 Å². The summed E-state index contributed by atoms with van der Waals surface area (Å²) >= 11 is 3.05. The van der Waals surface area contributed by atoms with Crippen LogP contribution in [0.3, 0.4) is 0 Å². The van der Waals surface area contributed by atoms with Crippen LogP contribution in [0.4, 0.5) is 10.1 Å². The molecule has 0 aliphatic rings. The molecule has 3 N–H and O–H groups in total. The maximum Gasteiger partial charge on any atom is 0.243 e. The Morgan fingerprint density at radius 3 is 2.86 bits per heavy atom. The number of rotatable bonds is 5. The molecule has 1 heterocycles. The lowest BCUT2D eigenvalue weighted by Gasteiger charge is -2.15. The summed E-state index contributed by atoms with van der Waals surface area (Å²) in [7, 11) is -4.00. The summed E-state index contributed by atoms with van der Waals surface area (Å²) in [4.78, 5) is -0.476. The van der Waals surface area contributed by atoms with Crippen molar-refractivity contribution in [2.45, 2.75) is 24.4 Å². The van der Waals surface area contributed by atoms with Gasteiger partial charge in [0.25, 0.3) is 0 Å². The Balaban J connectivity index is 2.20. The molecule has 0 spiro atoms. The Labute approximate surface area is 130 Å². The van der Waals surface area contributed by atoms with Crippen LogP contribution in [0.1, 0.15) is 6.92 Å². The topological polar surface area (TPSA) is 90.0 Å². The molecule has 0 saturated heterocycles. The second kappa shape index (κ2) is 6.12. The molecule has 1 atom stereocenters. The van der Waals surface area contributed by atoms with Crippen molar-refractivity contribution in [3.63, 3.8) is 0 Å². The second-order valence-electron chi connectivity index (χ2n) is 4.55. The van der Waals surface area contributed by atoms with Gasteiger partial charge >= 0.3 is 0 Å². The fraction of sp³-hybridized carbons (Fsp3) is 0.250. The molecular formula is C12H14BrFN4O2S. The standard InChI is InChI=1S/C12H14BrFN4O2S/c1-8(7-18-4-2-3-16-18)17-21(19,20)12-6-11(15)9(13)5-10(12)14/h2-6,8,17H,7,15H2,1H3. The molecule has 0 aliphatic carbocycles. The third kappa shape index (κ3) is 3.80. The molecule has 0 aliphatic heterocycles. The van der Waals surface area contributed by atoms with Gasteiger partial charge in [0.2, 0.25) is 10.0 Å². The van der Waals surface area contributed by atoms with Crippen LogP contribution in [0, 0.1) is 5.82 Å². The molecule has 1 aromatic heterocycles. The van der Waals surface area contributed by atoms with Gasteiger partial charge in [0.1, 0.15) is 10.7 Å². The highest BCUT2D eigenvalue weighted by molar-refractivity contribution is 9.10. The summed E-state index contributed by atoms with van der Waals surface area (Å²) in [6.45, 7) is 2.00. The van der Waals surface area contributed by atoms with Crippen LogP contribution in [0.5, 0.6) is 0 Å². The lowest BCUT2D eigenvalue weighted by molar-refractivity contribution is 0.490. The van der Waals surface area contributed by atoms with E-state index in [4.69, 9.17) is 5.73 Å². The van der Waals surface area contributed by atoms with Crippen LogP contribution in [0.25, 0.3) is 0 Å². The zero-order valence-electron chi connectivity index (χ0n) is 11.1. The Morgan fingerprint density at radius 2 is 2.24 bits per heavy atom. The molecule has 0 fully saturated rings. The average molecular weight is 377 g/mol. The van der Waals surface area contributed by atoms with Crippen LogP contribution in [-0.2, 0) is 16.6 Å². The number of halogens is 2. The highest BCUT2D eigenvalue weighted by Crippen LogP contribution is 2.26. The quantitative estimate of drug-likeness (QED) is 0.777. The van der Waals surface area contributed by atoms with Gasteiger partial charge in [-0.1, -0.05) is 0 Å². The fourth-order valence-electron chi connectivity index (χ4n) is 1.81. The molecule has 0 radical (unpaired) electrons. The maximum absolute atomic E-state index is 13.8. The van der Waals surface area contributed by atoms with Crippen molar-refractivity contribution in [2.24, 2.45) is 0 Å². The van der Waals surface area contributed by atoms with E-state index in [1.54, 1.807) is 30.1 Å². The van der Waals surface area contributed by atoms with Crippen LogP contribution in [0.2, 0.25) is 0 Å². The number of nitrogens with one attached hydrogen (secondary N) is 1. The first-order valence-corrected chi connectivity index (χ1v) is 8.31. The van der Waals surface area contributed by atoms with Gasteiger partial charge in [-0.3, -0.25) is 4.68 Å². The van der Waals surface area contributed by atoms with Gasteiger partial charge in [-0.05, 0) is 41.1 Å². The second-order valence-corrected chi connectivity index (χ2v) is 7.09. The van der Waals surface area contributed by atoms with E-state index in [9.17, 15) is 12.8 Å². The molecule has 6 nitrogen and oxygen atoms in total. The smallest absolute Gasteiger partial charge is 0.243 e. The minimum Gasteiger partial charge on any atom is -0.398 e. The molecular weight excluding hydrogens is 363 g/mol. The number of hydrogen-bond acceptors (Lipinski definition) is 4. The normalized spacial score (nSPS) is 13.3. The Morgan fingerprint density at radius 1 is 1.52 bits per heavy atom. The molecule has 0 amide bonds. The minimum absolute atomic E-state index is 0.150. The fourth-order valence-corrected chi connectivity index (χ4v) is 3.45. The van der Waals surface area contributed by atoms with Crippen molar-refractivity contribution in [3.05, 3.63) is 40.9 Å². The predicted octanol–water partition coefficient (Wildman–Crippen LogP) is 1.73. The van der Waals surface area contributed by atoms with E-state index in [1.807, 2.05) is 0 Å². The van der Waals surface area contributed by atoms with Gasteiger partial charge in [-0.15, -0.1) is 0 Å². The maximum atomic E-state index is 13.8. The summed E-state index contributed by atoms with van der Waals surface area (Å²) in [5.74, 6) is -0.866. The van der Waals surface area contributed by atoms with Crippen LogP contribution < -0.4 is 10.5 Å². The van der Waals surface area contributed by atoms with Crippen molar-refractivity contribution in [3.8, 4) is 0 Å². The van der Waals surface area contributed by atoms with Gasteiger partial charge in [-0.2, -0.15) is 5.10 Å². The molecule has 9 heteroatoms. The van der Waals surface area contributed by atoms with Crippen molar-refractivity contribution < 1.29 is 12.8 Å².